The molecule has 0 fully saturated rings. The van der Waals surface area contributed by atoms with Crippen LogP contribution in [0, 0.1) is 0 Å². The minimum absolute atomic E-state index is 0.102. The van der Waals surface area contributed by atoms with Crippen LogP contribution in [0.2, 0.25) is 0 Å². The molecule has 0 aromatic carbocycles. The van der Waals surface area contributed by atoms with Crippen molar-refractivity contribution in [3.63, 3.8) is 0 Å². The number of carbonyl (C=O) groups is 1. The second-order valence-corrected chi connectivity index (χ2v) is 2.80. The molecular formula is C8H14N4O. The van der Waals surface area contributed by atoms with Crippen molar-refractivity contribution in [1.82, 2.24) is 15.4 Å². The summed E-state index contributed by atoms with van der Waals surface area (Å²) >= 11 is 0. The van der Waals surface area contributed by atoms with Crippen LogP contribution in [0.15, 0.2) is 12.5 Å². The number of nitrogens with one attached hydrogen (secondary N) is 2. The maximum Gasteiger partial charge on any atom is 0.151 e. The van der Waals surface area contributed by atoms with Gasteiger partial charge >= 0.3 is 0 Å². The van der Waals surface area contributed by atoms with Gasteiger partial charge in [0.15, 0.2) is 5.78 Å². The highest BCUT2D eigenvalue weighted by Gasteiger charge is 2.15. The number of hydrazine groups is 1. The average Bonchev–Trinajstić information content (AvgIpc) is 2.65. The summed E-state index contributed by atoms with van der Waals surface area (Å²) in [6, 6.07) is -0.326. The molecule has 0 amide bonds. The van der Waals surface area contributed by atoms with E-state index in [4.69, 9.17) is 5.84 Å². The first-order chi connectivity index (χ1) is 6.27. The van der Waals surface area contributed by atoms with Crippen molar-refractivity contribution >= 4 is 5.78 Å². The Morgan fingerprint density at radius 1 is 1.85 bits per heavy atom. The molecule has 1 atom stereocenters. The van der Waals surface area contributed by atoms with Gasteiger partial charge in [-0.1, -0.05) is 6.92 Å². The molecule has 1 rings (SSSR count). The summed E-state index contributed by atoms with van der Waals surface area (Å²) in [5, 5.41) is 0. The number of aromatic amines is 1. The molecule has 13 heavy (non-hydrogen) atoms. The third kappa shape index (κ3) is 2.64. The van der Waals surface area contributed by atoms with Crippen molar-refractivity contribution in [2.45, 2.75) is 25.8 Å². The van der Waals surface area contributed by atoms with Gasteiger partial charge in [-0.2, -0.15) is 0 Å². The Labute approximate surface area is 76.7 Å². The lowest BCUT2D eigenvalue weighted by Gasteiger charge is -2.11. The molecular weight excluding hydrogens is 168 g/mol. The van der Waals surface area contributed by atoms with Crippen LogP contribution in [0.5, 0.6) is 0 Å². The topological polar surface area (TPSA) is 83.8 Å². The Morgan fingerprint density at radius 3 is 3.08 bits per heavy atom. The highest BCUT2D eigenvalue weighted by Crippen LogP contribution is 2.00. The van der Waals surface area contributed by atoms with Crippen molar-refractivity contribution in [3.8, 4) is 0 Å². The summed E-state index contributed by atoms with van der Waals surface area (Å²) in [6.45, 7) is 1.82. The van der Waals surface area contributed by atoms with Gasteiger partial charge in [0.1, 0.15) is 0 Å². The summed E-state index contributed by atoms with van der Waals surface area (Å²) in [5.41, 5.74) is 3.33. The smallest absolute Gasteiger partial charge is 0.151 e. The van der Waals surface area contributed by atoms with E-state index in [9.17, 15) is 4.79 Å². The van der Waals surface area contributed by atoms with Crippen LogP contribution in [0.3, 0.4) is 0 Å². The van der Waals surface area contributed by atoms with E-state index in [-0.39, 0.29) is 11.8 Å². The Morgan fingerprint density at radius 2 is 2.62 bits per heavy atom. The summed E-state index contributed by atoms with van der Waals surface area (Å²) in [7, 11) is 0. The van der Waals surface area contributed by atoms with E-state index in [0.29, 0.717) is 12.8 Å². The van der Waals surface area contributed by atoms with Crippen LogP contribution >= 0.6 is 0 Å². The molecule has 0 unspecified atom stereocenters. The van der Waals surface area contributed by atoms with E-state index >= 15 is 0 Å². The Hall–Kier alpha value is -1.20. The molecule has 5 heteroatoms. The van der Waals surface area contributed by atoms with Crippen molar-refractivity contribution < 1.29 is 4.79 Å². The number of hydrogen-bond donors (Lipinski definition) is 3. The predicted octanol–water partition coefficient (Wildman–Crippen LogP) is -0.237. The number of nitrogens with zero attached hydrogens (tertiary/aromatic N) is 1. The molecule has 0 aliphatic heterocycles. The number of imidazole rings is 1. The van der Waals surface area contributed by atoms with E-state index in [0.717, 1.165) is 5.69 Å². The third-order valence-electron chi connectivity index (χ3n) is 1.91. The first-order valence-electron chi connectivity index (χ1n) is 4.24. The lowest BCUT2D eigenvalue weighted by Crippen LogP contribution is -2.42. The van der Waals surface area contributed by atoms with E-state index in [1.54, 1.807) is 12.5 Å². The Balaban J connectivity index is 2.54. The number of aromatic nitrogens is 2. The summed E-state index contributed by atoms with van der Waals surface area (Å²) < 4.78 is 0. The van der Waals surface area contributed by atoms with Crippen LogP contribution in [-0.4, -0.2) is 21.8 Å². The quantitative estimate of drug-likeness (QED) is 0.433. The van der Waals surface area contributed by atoms with E-state index in [1.165, 1.54) is 0 Å². The first-order valence-corrected chi connectivity index (χ1v) is 4.24. The normalized spacial score (nSPS) is 12.8. The van der Waals surface area contributed by atoms with E-state index in [2.05, 4.69) is 15.4 Å². The average molecular weight is 182 g/mol. The van der Waals surface area contributed by atoms with E-state index < -0.39 is 0 Å². The van der Waals surface area contributed by atoms with E-state index in [1.807, 2.05) is 6.92 Å². The van der Waals surface area contributed by atoms with Crippen molar-refractivity contribution in [1.29, 1.82) is 0 Å². The highest BCUT2D eigenvalue weighted by molar-refractivity contribution is 5.83. The number of ketones is 1. The van der Waals surface area contributed by atoms with Gasteiger partial charge in [0, 0.05) is 19.0 Å². The molecule has 0 aliphatic rings. The molecule has 0 bridgehead atoms. The monoisotopic (exact) mass is 182 g/mol. The largest absolute Gasteiger partial charge is 0.351 e. The number of rotatable bonds is 5. The SMILES string of the molecule is CCC(=O)[C@H](Cc1c[nH]cn1)NN. The van der Waals surface area contributed by atoms with Crippen LogP contribution in [0.1, 0.15) is 19.0 Å². The fourth-order valence-corrected chi connectivity index (χ4v) is 1.12. The molecule has 72 valence electrons. The zero-order valence-corrected chi connectivity index (χ0v) is 7.58. The number of H-pyrrole nitrogens is 1. The number of nitrogens with two attached hydrogens (primary N) is 1. The van der Waals surface area contributed by atoms with Gasteiger partial charge < -0.3 is 4.98 Å². The lowest BCUT2D eigenvalue weighted by atomic mass is 10.1. The number of Topliss-reactive ketones (excluding diaryl/α,β-unsaturated/α-hetero) is 1. The minimum Gasteiger partial charge on any atom is -0.351 e. The zero-order chi connectivity index (χ0) is 9.68. The molecule has 0 aliphatic carbocycles. The maximum absolute atomic E-state index is 11.3. The van der Waals surface area contributed by atoms with Crippen LogP contribution in [-0.2, 0) is 11.2 Å². The molecule has 5 nitrogen and oxygen atoms in total. The van der Waals surface area contributed by atoms with Crippen molar-refractivity contribution in [2.24, 2.45) is 5.84 Å². The lowest BCUT2D eigenvalue weighted by molar-refractivity contribution is -0.120. The van der Waals surface area contributed by atoms with Gasteiger partial charge in [0.05, 0.1) is 18.1 Å². The minimum atomic E-state index is -0.326. The molecule has 1 aromatic rings. The van der Waals surface area contributed by atoms with Gasteiger partial charge in [-0.15, -0.1) is 0 Å². The fraction of sp³-hybridized carbons (Fsp3) is 0.500. The molecule has 1 aromatic heterocycles. The molecule has 0 saturated carbocycles. The van der Waals surface area contributed by atoms with Crippen LogP contribution < -0.4 is 11.3 Å². The Kier molecular flexibility index (Phi) is 3.60. The molecule has 4 N–H and O–H groups in total. The summed E-state index contributed by atoms with van der Waals surface area (Å²) in [6.07, 6.45) is 4.36. The van der Waals surface area contributed by atoms with Crippen molar-refractivity contribution in [2.75, 3.05) is 0 Å². The molecule has 1 heterocycles. The second kappa shape index (κ2) is 4.74. The second-order valence-electron chi connectivity index (χ2n) is 2.80. The predicted molar refractivity (Wildman–Crippen MR) is 48.7 cm³/mol. The molecule has 0 saturated heterocycles. The van der Waals surface area contributed by atoms with Crippen LogP contribution in [0.4, 0.5) is 0 Å². The van der Waals surface area contributed by atoms with Gasteiger partial charge in [0.2, 0.25) is 0 Å². The van der Waals surface area contributed by atoms with Crippen LogP contribution in [0.25, 0.3) is 0 Å². The van der Waals surface area contributed by atoms with Gasteiger partial charge in [0.25, 0.3) is 0 Å². The van der Waals surface area contributed by atoms with Gasteiger partial charge in [-0.3, -0.25) is 10.6 Å². The summed E-state index contributed by atoms with van der Waals surface area (Å²) in [5.74, 6) is 5.36. The highest BCUT2D eigenvalue weighted by atomic mass is 16.1. The zero-order valence-electron chi connectivity index (χ0n) is 7.58. The maximum atomic E-state index is 11.3. The standard InChI is InChI=1S/C8H14N4O/c1-2-8(13)7(12-9)3-6-4-10-5-11-6/h4-5,7,12H,2-3,9H2,1H3,(H,10,11)/t7-/m0/s1. The van der Waals surface area contributed by atoms with Gasteiger partial charge in [-0.25, -0.2) is 10.4 Å². The third-order valence-corrected chi connectivity index (χ3v) is 1.91. The summed E-state index contributed by atoms with van der Waals surface area (Å²) in [4.78, 5) is 18.1. The number of carbonyl (C=O) groups excluding carboxylic acids is 1. The number of hydrogen-bond acceptors (Lipinski definition) is 4. The van der Waals surface area contributed by atoms with Gasteiger partial charge in [-0.05, 0) is 0 Å². The Bertz CT molecular complexity index is 257. The van der Waals surface area contributed by atoms with Crippen molar-refractivity contribution in [3.05, 3.63) is 18.2 Å². The first kappa shape index (κ1) is 9.88. The molecule has 0 radical (unpaired) electrons. The molecule has 0 spiro atoms. The fourth-order valence-electron chi connectivity index (χ4n) is 1.12.